The topological polar surface area (TPSA) is 27.4 Å². The number of hydrazone groups is 1. The molecule has 0 saturated heterocycles. The first kappa shape index (κ1) is 13.7. The van der Waals surface area contributed by atoms with E-state index >= 15 is 0 Å². The number of benzene rings is 1. The zero-order valence-corrected chi connectivity index (χ0v) is 12.8. The van der Waals surface area contributed by atoms with Crippen LogP contribution in [-0.4, -0.2) is 34.4 Å². The number of hydrogen-bond donors (Lipinski definition) is 1. The predicted octanol–water partition coefficient (Wildman–Crippen LogP) is 3.06. The number of aliphatic imine (C=N–C) groups is 1. The molecular weight excluding hydrogens is 266 g/mol. The maximum atomic E-state index is 4.89. The molecule has 4 heteroatoms. The maximum Gasteiger partial charge on any atom is 0.223 e. The van der Waals surface area contributed by atoms with Crippen molar-refractivity contribution in [3.63, 3.8) is 0 Å². The number of rotatable bonds is 2. The van der Waals surface area contributed by atoms with Crippen LogP contribution in [0.4, 0.5) is 0 Å². The van der Waals surface area contributed by atoms with Crippen LogP contribution in [-0.2, 0) is 0 Å². The highest BCUT2D eigenvalue weighted by atomic mass is 32.2. The highest BCUT2D eigenvalue weighted by Gasteiger charge is 2.24. The van der Waals surface area contributed by atoms with E-state index in [9.17, 15) is 0 Å². The Hall–Kier alpha value is -1.29. The lowest BCUT2D eigenvalue weighted by molar-refractivity contribution is -0.541. The van der Waals surface area contributed by atoms with Crippen molar-refractivity contribution >= 4 is 22.6 Å². The molecule has 1 aromatic carbocycles. The van der Waals surface area contributed by atoms with Crippen molar-refractivity contribution in [1.82, 2.24) is 5.43 Å². The number of nitrogens with zero attached hydrogens (tertiary/aromatic N) is 2. The summed E-state index contributed by atoms with van der Waals surface area (Å²) in [5.41, 5.74) is 6.02. The van der Waals surface area contributed by atoms with Crippen LogP contribution in [0.1, 0.15) is 37.7 Å². The molecule has 0 aromatic heterocycles. The van der Waals surface area contributed by atoms with Gasteiger partial charge < -0.3 is 0 Å². The molecule has 1 aromatic rings. The largest absolute Gasteiger partial charge is 0.255 e. The van der Waals surface area contributed by atoms with Gasteiger partial charge in [-0.15, -0.1) is 10.1 Å². The first-order chi connectivity index (χ1) is 9.83. The summed E-state index contributed by atoms with van der Waals surface area (Å²) in [5.74, 6) is 0.985. The van der Waals surface area contributed by atoms with E-state index in [2.05, 4.69) is 47.5 Å². The van der Waals surface area contributed by atoms with Gasteiger partial charge in [0.05, 0.1) is 11.8 Å². The van der Waals surface area contributed by atoms with Crippen molar-refractivity contribution in [3.8, 4) is 0 Å². The Morgan fingerprint density at radius 2 is 1.90 bits per heavy atom. The van der Waals surface area contributed by atoms with E-state index in [0.717, 1.165) is 10.9 Å². The van der Waals surface area contributed by atoms with E-state index in [4.69, 9.17) is 4.99 Å². The summed E-state index contributed by atoms with van der Waals surface area (Å²) in [6, 6.07) is 11.1. The normalized spacial score (nSPS) is 22.9. The van der Waals surface area contributed by atoms with Crippen molar-refractivity contribution < 1.29 is 4.68 Å². The molecule has 0 atom stereocenters. The summed E-state index contributed by atoms with van der Waals surface area (Å²) in [7, 11) is 2.08. The first-order valence-corrected chi connectivity index (χ1v) is 8.44. The fourth-order valence-corrected chi connectivity index (χ4v) is 3.89. The molecule has 0 bridgehead atoms. The number of hydrazine groups is 1. The van der Waals surface area contributed by atoms with E-state index in [1.54, 1.807) is 0 Å². The van der Waals surface area contributed by atoms with Gasteiger partial charge in [0.1, 0.15) is 0 Å². The Balaban J connectivity index is 1.72. The van der Waals surface area contributed by atoms with Gasteiger partial charge in [-0.1, -0.05) is 49.2 Å². The zero-order valence-electron chi connectivity index (χ0n) is 12.0. The van der Waals surface area contributed by atoms with Crippen molar-refractivity contribution in [2.24, 2.45) is 4.99 Å². The molecule has 0 unspecified atom stereocenters. The zero-order chi connectivity index (χ0) is 13.8. The third-order valence-electron chi connectivity index (χ3n) is 4.00. The van der Waals surface area contributed by atoms with Gasteiger partial charge in [0.2, 0.25) is 10.9 Å². The van der Waals surface area contributed by atoms with Gasteiger partial charge in [-0.3, -0.25) is 4.99 Å². The smallest absolute Gasteiger partial charge is 0.223 e. The quantitative estimate of drug-likeness (QED) is 0.847. The molecule has 106 valence electrons. The molecule has 3 nitrogen and oxygen atoms in total. The molecule has 1 aliphatic heterocycles. The Kier molecular flexibility index (Phi) is 4.41. The summed E-state index contributed by atoms with van der Waals surface area (Å²) in [5, 5.41) is 1.08. The molecule has 1 aliphatic carbocycles. The summed E-state index contributed by atoms with van der Waals surface area (Å²) < 4.78 is 2.12. The van der Waals surface area contributed by atoms with Crippen LogP contribution in [0.25, 0.3) is 0 Å². The fraction of sp³-hybridized carbons (Fsp3) is 0.500. The minimum atomic E-state index is 0.533. The van der Waals surface area contributed by atoms with Gasteiger partial charge in [-0.05, 0) is 25.0 Å². The lowest BCUT2D eigenvalue weighted by Gasteiger charge is -2.20. The number of amidine groups is 1. The van der Waals surface area contributed by atoms with Crippen LogP contribution >= 0.6 is 11.8 Å². The van der Waals surface area contributed by atoms with Gasteiger partial charge in [0, 0.05) is 5.56 Å². The Morgan fingerprint density at radius 1 is 1.15 bits per heavy atom. The van der Waals surface area contributed by atoms with Crippen LogP contribution in [0.15, 0.2) is 35.3 Å². The summed E-state index contributed by atoms with van der Waals surface area (Å²) in [4.78, 5) is 4.89. The second-order valence-corrected chi connectivity index (χ2v) is 6.46. The number of hydrogen-bond acceptors (Lipinski definition) is 2. The summed E-state index contributed by atoms with van der Waals surface area (Å²) in [6.45, 7) is 0. The Bertz CT molecular complexity index is 516. The van der Waals surface area contributed by atoms with Crippen molar-refractivity contribution in [2.45, 2.75) is 38.1 Å². The van der Waals surface area contributed by atoms with Gasteiger partial charge in [0.15, 0.2) is 7.05 Å². The highest BCUT2D eigenvalue weighted by Crippen LogP contribution is 2.22. The maximum absolute atomic E-state index is 4.89. The molecule has 0 radical (unpaired) electrons. The van der Waals surface area contributed by atoms with Crippen LogP contribution in [0.2, 0.25) is 0 Å². The molecule has 2 aliphatic rings. The van der Waals surface area contributed by atoms with Crippen molar-refractivity contribution in [1.29, 1.82) is 0 Å². The van der Waals surface area contributed by atoms with Gasteiger partial charge in [0.25, 0.3) is 0 Å². The highest BCUT2D eigenvalue weighted by molar-refractivity contribution is 8.14. The number of nitrogens with one attached hydrogen (secondary N) is 1. The van der Waals surface area contributed by atoms with E-state index in [0.29, 0.717) is 6.04 Å². The fourth-order valence-electron chi connectivity index (χ4n) is 2.83. The predicted molar refractivity (Wildman–Crippen MR) is 86.6 cm³/mol. The van der Waals surface area contributed by atoms with Crippen LogP contribution < -0.4 is 5.43 Å². The van der Waals surface area contributed by atoms with E-state index in [1.807, 2.05) is 11.8 Å². The standard InChI is InChI=1S/C16H22N3S/c1-19-15(13-8-4-2-5-9-13)12-20-16(18-19)17-14-10-6-3-7-11-14/h2,4-5,8-9,14H,3,6-7,10-12H2,1H3,(H,17,18)/q+1. The molecule has 0 amide bonds. The second-order valence-electron chi connectivity index (χ2n) is 5.50. The molecule has 1 N–H and O–H groups in total. The average Bonchev–Trinajstić information content (AvgIpc) is 2.49. The number of thioether (sulfide) groups is 1. The van der Waals surface area contributed by atoms with Gasteiger partial charge in [-0.25, -0.2) is 0 Å². The lowest BCUT2D eigenvalue weighted by Crippen LogP contribution is -2.41. The third kappa shape index (κ3) is 3.23. The Morgan fingerprint density at radius 3 is 2.60 bits per heavy atom. The summed E-state index contributed by atoms with van der Waals surface area (Å²) in [6.07, 6.45) is 6.57. The molecule has 3 rings (SSSR count). The van der Waals surface area contributed by atoms with Crippen molar-refractivity contribution in [2.75, 3.05) is 12.8 Å². The van der Waals surface area contributed by atoms with E-state index < -0.39 is 0 Å². The molecule has 1 fully saturated rings. The van der Waals surface area contributed by atoms with Gasteiger partial charge >= 0.3 is 0 Å². The molecule has 1 heterocycles. The molecular formula is C16H22N3S+. The molecule has 0 spiro atoms. The SMILES string of the molecule is C[N+]1=C(c2ccccc2)CSC(=NC2CCCCC2)N1. The average molecular weight is 288 g/mol. The van der Waals surface area contributed by atoms with Crippen LogP contribution in [0.3, 0.4) is 0 Å². The molecule has 1 saturated carbocycles. The van der Waals surface area contributed by atoms with E-state index in [1.165, 1.54) is 43.4 Å². The van der Waals surface area contributed by atoms with Gasteiger partial charge in [-0.2, -0.15) is 0 Å². The second kappa shape index (κ2) is 6.44. The van der Waals surface area contributed by atoms with Crippen LogP contribution in [0.5, 0.6) is 0 Å². The minimum Gasteiger partial charge on any atom is -0.255 e. The monoisotopic (exact) mass is 288 g/mol. The molecule has 20 heavy (non-hydrogen) atoms. The Labute approximate surface area is 125 Å². The summed E-state index contributed by atoms with van der Waals surface area (Å²) >= 11 is 1.82. The van der Waals surface area contributed by atoms with E-state index in [-0.39, 0.29) is 0 Å². The van der Waals surface area contributed by atoms with Crippen LogP contribution in [0, 0.1) is 0 Å². The lowest BCUT2D eigenvalue weighted by atomic mass is 9.96. The minimum absolute atomic E-state index is 0.533. The van der Waals surface area contributed by atoms with Crippen molar-refractivity contribution in [3.05, 3.63) is 35.9 Å². The third-order valence-corrected chi connectivity index (χ3v) is 4.88. The first-order valence-electron chi connectivity index (χ1n) is 7.45.